The number of aliphatic hydroxyl groups is 1. The highest BCUT2D eigenvalue weighted by Crippen LogP contribution is 2.25. The van der Waals surface area contributed by atoms with Gasteiger partial charge in [-0.2, -0.15) is 0 Å². The van der Waals surface area contributed by atoms with Gasteiger partial charge < -0.3 is 24.6 Å². The molecule has 1 atom stereocenters. The van der Waals surface area contributed by atoms with Gasteiger partial charge in [0, 0.05) is 20.2 Å². The van der Waals surface area contributed by atoms with Crippen LogP contribution in [0.1, 0.15) is 32.6 Å². The second-order valence-electron chi connectivity index (χ2n) is 5.68. The summed E-state index contributed by atoms with van der Waals surface area (Å²) in [6.45, 7) is 5.89. The molecule has 0 aromatic rings. The summed E-state index contributed by atoms with van der Waals surface area (Å²) >= 11 is 0. The lowest BCUT2D eigenvalue weighted by atomic mass is 9.89. The Morgan fingerprint density at radius 2 is 1.90 bits per heavy atom. The molecule has 1 aliphatic rings. The second kappa shape index (κ2) is 11.5. The van der Waals surface area contributed by atoms with E-state index in [2.05, 4.69) is 12.2 Å². The first kappa shape index (κ1) is 17.9. The highest BCUT2D eigenvalue weighted by molar-refractivity contribution is 4.71. The summed E-state index contributed by atoms with van der Waals surface area (Å²) in [4.78, 5) is 0. The predicted octanol–water partition coefficient (Wildman–Crippen LogP) is 1.20. The van der Waals surface area contributed by atoms with Crippen LogP contribution in [-0.2, 0) is 14.2 Å². The molecule has 2 N–H and O–H groups in total. The lowest BCUT2D eigenvalue weighted by molar-refractivity contribution is -0.0282. The van der Waals surface area contributed by atoms with Crippen LogP contribution in [0.25, 0.3) is 0 Å². The minimum atomic E-state index is -0.437. The van der Waals surface area contributed by atoms with Crippen molar-refractivity contribution in [3.63, 3.8) is 0 Å². The summed E-state index contributed by atoms with van der Waals surface area (Å²) in [6, 6.07) is 0. The Kier molecular flexibility index (Phi) is 10.2. The van der Waals surface area contributed by atoms with Gasteiger partial charge in [0.05, 0.1) is 38.6 Å². The van der Waals surface area contributed by atoms with Crippen LogP contribution in [0.5, 0.6) is 0 Å². The van der Waals surface area contributed by atoms with Crippen molar-refractivity contribution in [2.45, 2.75) is 44.8 Å². The quantitative estimate of drug-likeness (QED) is 0.560. The smallest absolute Gasteiger partial charge is 0.0897 e. The molecule has 1 rings (SSSR count). The molecule has 0 aliphatic heterocycles. The number of nitrogens with one attached hydrogen (secondary N) is 1. The molecule has 0 heterocycles. The van der Waals surface area contributed by atoms with Crippen LogP contribution < -0.4 is 5.32 Å². The van der Waals surface area contributed by atoms with E-state index in [0.717, 1.165) is 25.3 Å². The highest BCUT2D eigenvalue weighted by Gasteiger charge is 2.19. The molecular weight excluding hydrogens is 258 g/mol. The maximum atomic E-state index is 9.82. The van der Waals surface area contributed by atoms with Gasteiger partial charge in [-0.05, 0) is 31.6 Å². The largest absolute Gasteiger partial charge is 0.389 e. The average Bonchev–Trinajstić information content (AvgIpc) is 2.46. The van der Waals surface area contributed by atoms with Gasteiger partial charge >= 0.3 is 0 Å². The number of aliphatic hydroxyl groups excluding tert-OH is 1. The fraction of sp³-hybridized carbons (Fsp3) is 1.00. The Hall–Kier alpha value is -0.200. The predicted molar refractivity (Wildman–Crippen MR) is 78.9 cm³/mol. The summed E-state index contributed by atoms with van der Waals surface area (Å²) in [5, 5.41) is 13.0. The third-order valence-corrected chi connectivity index (χ3v) is 3.72. The number of methoxy groups -OCH3 is 1. The van der Waals surface area contributed by atoms with E-state index in [9.17, 15) is 5.11 Å². The molecule has 20 heavy (non-hydrogen) atoms. The van der Waals surface area contributed by atoms with Crippen molar-refractivity contribution in [3.8, 4) is 0 Å². The Morgan fingerprint density at radius 1 is 1.15 bits per heavy atom. The molecule has 120 valence electrons. The molecule has 5 nitrogen and oxygen atoms in total. The summed E-state index contributed by atoms with van der Waals surface area (Å²) in [7, 11) is 1.66. The number of hydrogen-bond acceptors (Lipinski definition) is 5. The van der Waals surface area contributed by atoms with Gasteiger partial charge in [0.2, 0.25) is 0 Å². The molecular formula is C15H31NO4. The summed E-state index contributed by atoms with van der Waals surface area (Å²) in [6.07, 6.45) is 4.67. The van der Waals surface area contributed by atoms with E-state index < -0.39 is 6.10 Å². The zero-order chi connectivity index (χ0) is 14.6. The minimum absolute atomic E-state index is 0.346. The highest BCUT2D eigenvalue weighted by atomic mass is 16.5. The van der Waals surface area contributed by atoms with Crippen molar-refractivity contribution in [1.29, 1.82) is 0 Å². The third kappa shape index (κ3) is 8.87. The van der Waals surface area contributed by atoms with Gasteiger partial charge in [0.25, 0.3) is 0 Å². The summed E-state index contributed by atoms with van der Waals surface area (Å²) in [5.74, 6) is 0.833. The van der Waals surface area contributed by atoms with Crippen molar-refractivity contribution in [1.82, 2.24) is 5.32 Å². The molecule has 1 unspecified atom stereocenters. The molecule has 0 aromatic carbocycles. The van der Waals surface area contributed by atoms with Crippen molar-refractivity contribution in [2.24, 2.45) is 5.92 Å². The van der Waals surface area contributed by atoms with Gasteiger partial charge in [0.1, 0.15) is 0 Å². The van der Waals surface area contributed by atoms with Gasteiger partial charge in [-0.25, -0.2) is 0 Å². The molecule has 0 radical (unpaired) electrons. The van der Waals surface area contributed by atoms with Crippen LogP contribution in [0.4, 0.5) is 0 Å². The first-order valence-electron chi connectivity index (χ1n) is 7.79. The van der Waals surface area contributed by atoms with E-state index in [1.54, 1.807) is 7.11 Å². The Balaban J connectivity index is 1.89. The van der Waals surface area contributed by atoms with E-state index in [-0.39, 0.29) is 0 Å². The lowest BCUT2D eigenvalue weighted by Gasteiger charge is -2.27. The van der Waals surface area contributed by atoms with Crippen molar-refractivity contribution in [2.75, 3.05) is 46.6 Å². The summed E-state index contributed by atoms with van der Waals surface area (Å²) < 4.78 is 16.0. The van der Waals surface area contributed by atoms with Crippen LogP contribution in [0.3, 0.4) is 0 Å². The monoisotopic (exact) mass is 289 g/mol. The summed E-state index contributed by atoms with van der Waals surface area (Å²) in [5.41, 5.74) is 0. The van der Waals surface area contributed by atoms with Crippen molar-refractivity contribution >= 4 is 0 Å². The SMILES string of the molecule is COCCOCCNCC(O)COC1CCC(C)CC1. The van der Waals surface area contributed by atoms with Crippen LogP contribution in [-0.4, -0.2) is 63.9 Å². The van der Waals surface area contributed by atoms with Gasteiger partial charge in [-0.1, -0.05) is 6.92 Å². The maximum absolute atomic E-state index is 9.82. The second-order valence-corrected chi connectivity index (χ2v) is 5.68. The zero-order valence-electron chi connectivity index (χ0n) is 13.0. The van der Waals surface area contributed by atoms with E-state index >= 15 is 0 Å². The fourth-order valence-corrected chi connectivity index (χ4v) is 2.36. The van der Waals surface area contributed by atoms with E-state index in [1.807, 2.05) is 0 Å². The Bertz CT molecular complexity index is 220. The van der Waals surface area contributed by atoms with Crippen LogP contribution in [0.2, 0.25) is 0 Å². The lowest BCUT2D eigenvalue weighted by Crippen LogP contribution is -2.34. The molecule has 0 spiro atoms. The molecule has 1 fully saturated rings. The van der Waals surface area contributed by atoms with Crippen molar-refractivity contribution in [3.05, 3.63) is 0 Å². The average molecular weight is 289 g/mol. The van der Waals surface area contributed by atoms with E-state index in [1.165, 1.54) is 12.8 Å². The first-order valence-corrected chi connectivity index (χ1v) is 7.79. The topological polar surface area (TPSA) is 60.0 Å². The van der Waals surface area contributed by atoms with Crippen molar-refractivity contribution < 1.29 is 19.3 Å². The molecule has 0 saturated heterocycles. The van der Waals surface area contributed by atoms with Crippen LogP contribution >= 0.6 is 0 Å². The molecule has 1 saturated carbocycles. The number of hydrogen-bond donors (Lipinski definition) is 2. The molecule has 5 heteroatoms. The minimum Gasteiger partial charge on any atom is -0.389 e. The molecule has 0 bridgehead atoms. The Morgan fingerprint density at radius 3 is 2.60 bits per heavy atom. The number of rotatable bonds is 11. The van der Waals surface area contributed by atoms with E-state index in [4.69, 9.17) is 14.2 Å². The number of ether oxygens (including phenoxy) is 3. The zero-order valence-corrected chi connectivity index (χ0v) is 13.0. The first-order chi connectivity index (χ1) is 9.72. The van der Waals surface area contributed by atoms with Crippen LogP contribution in [0.15, 0.2) is 0 Å². The standard InChI is InChI=1S/C15H31NO4/c1-13-3-5-15(6-4-13)20-12-14(17)11-16-7-8-19-10-9-18-2/h13-17H,3-12H2,1-2H3. The molecule has 1 aliphatic carbocycles. The molecule has 0 amide bonds. The Labute approximate surface area is 123 Å². The van der Waals surface area contributed by atoms with Gasteiger partial charge in [-0.15, -0.1) is 0 Å². The van der Waals surface area contributed by atoms with Crippen LogP contribution in [0, 0.1) is 5.92 Å². The normalized spacial score (nSPS) is 24.8. The van der Waals surface area contributed by atoms with E-state index in [0.29, 0.717) is 39.1 Å². The fourth-order valence-electron chi connectivity index (χ4n) is 2.36. The maximum Gasteiger partial charge on any atom is 0.0897 e. The van der Waals surface area contributed by atoms with Gasteiger partial charge in [-0.3, -0.25) is 0 Å². The third-order valence-electron chi connectivity index (χ3n) is 3.72. The van der Waals surface area contributed by atoms with Gasteiger partial charge in [0.15, 0.2) is 0 Å². The molecule has 0 aromatic heterocycles.